The van der Waals surface area contributed by atoms with Gasteiger partial charge in [-0.2, -0.15) is 0 Å². The standard InChI is InChI=1S/C23H23ClFN3O3/c1-31-22(29)15-28-21-13-18(24)7-6-16(21)12-17(23(28)30)14-26-8-10-27(11-9-26)20-5-3-2-4-19(20)25/h2-7,12-13H,8-11,14-15H2,1H3. The molecule has 4 rings (SSSR count). The van der Waals surface area contributed by atoms with E-state index in [1.165, 1.54) is 17.7 Å². The molecule has 0 radical (unpaired) electrons. The van der Waals surface area contributed by atoms with Crippen LogP contribution in [0.3, 0.4) is 0 Å². The number of esters is 1. The quantitative estimate of drug-likeness (QED) is 0.566. The van der Waals surface area contributed by atoms with Crippen LogP contribution in [0, 0.1) is 5.82 Å². The van der Waals surface area contributed by atoms with Gasteiger partial charge in [-0.25, -0.2) is 4.39 Å². The van der Waals surface area contributed by atoms with Crippen molar-refractivity contribution in [2.45, 2.75) is 13.1 Å². The van der Waals surface area contributed by atoms with Crippen molar-refractivity contribution in [1.82, 2.24) is 9.47 Å². The molecule has 0 amide bonds. The molecule has 162 valence electrons. The van der Waals surface area contributed by atoms with Crippen molar-refractivity contribution in [3.05, 3.63) is 75.3 Å². The highest BCUT2D eigenvalue weighted by Crippen LogP contribution is 2.22. The van der Waals surface area contributed by atoms with Gasteiger partial charge in [-0.1, -0.05) is 29.8 Å². The van der Waals surface area contributed by atoms with Crippen LogP contribution in [0.4, 0.5) is 10.1 Å². The van der Waals surface area contributed by atoms with Gasteiger partial charge in [0.2, 0.25) is 0 Å². The summed E-state index contributed by atoms with van der Waals surface area (Å²) in [5.41, 5.74) is 1.55. The third-order valence-corrected chi connectivity index (χ3v) is 5.84. The van der Waals surface area contributed by atoms with Crippen molar-refractivity contribution in [3.8, 4) is 0 Å². The number of piperazine rings is 1. The predicted octanol–water partition coefficient (Wildman–Crippen LogP) is 3.29. The molecule has 0 spiro atoms. The Morgan fingerprint density at radius 1 is 1.10 bits per heavy atom. The van der Waals surface area contributed by atoms with E-state index in [2.05, 4.69) is 4.90 Å². The van der Waals surface area contributed by atoms with Crippen LogP contribution in [0.1, 0.15) is 5.56 Å². The Bertz CT molecular complexity index is 1170. The maximum Gasteiger partial charge on any atom is 0.325 e. The zero-order valence-electron chi connectivity index (χ0n) is 17.2. The van der Waals surface area contributed by atoms with Gasteiger partial charge < -0.3 is 9.64 Å². The third-order valence-electron chi connectivity index (χ3n) is 5.61. The van der Waals surface area contributed by atoms with E-state index < -0.39 is 5.97 Å². The van der Waals surface area contributed by atoms with Crippen LogP contribution < -0.4 is 10.5 Å². The lowest BCUT2D eigenvalue weighted by Gasteiger charge is -2.36. The zero-order chi connectivity index (χ0) is 22.0. The average Bonchev–Trinajstić information content (AvgIpc) is 2.78. The summed E-state index contributed by atoms with van der Waals surface area (Å²) in [7, 11) is 1.29. The van der Waals surface area contributed by atoms with Crippen LogP contribution in [0.15, 0.2) is 53.3 Å². The normalized spacial score (nSPS) is 14.7. The molecule has 1 aromatic heterocycles. The van der Waals surface area contributed by atoms with Gasteiger partial charge in [-0.05, 0) is 35.7 Å². The lowest BCUT2D eigenvalue weighted by atomic mass is 10.1. The SMILES string of the molecule is COC(=O)Cn1c(=O)c(CN2CCN(c3ccccc3F)CC2)cc2ccc(Cl)cc21. The van der Waals surface area contributed by atoms with Crippen molar-refractivity contribution in [1.29, 1.82) is 0 Å². The number of halogens is 2. The molecule has 0 saturated carbocycles. The highest BCUT2D eigenvalue weighted by Gasteiger charge is 2.21. The van der Waals surface area contributed by atoms with E-state index in [4.69, 9.17) is 16.3 Å². The van der Waals surface area contributed by atoms with Crippen LogP contribution in [0.25, 0.3) is 10.9 Å². The van der Waals surface area contributed by atoms with E-state index in [1.807, 2.05) is 23.1 Å². The summed E-state index contributed by atoms with van der Waals surface area (Å²) in [6, 6.07) is 13.9. The molecule has 6 nitrogen and oxygen atoms in total. The first-order valence-electron chi connectivity index (χ1n) is 10.1. The van der Waals surface area contributed by atoms with Gasteiger partial charge in [0, 0.05) is 43.3 Å². The summed E-state index contributed by atoms with van der Waals surface area (Å²) in [5, 5.41) is 1.32. The molecule has 0 bridgehead atoms. The van der Waals surface area contributed by atoms with Crippen molar-refractivity contribution in [2.75, 3.05) is 38.2 Å². The van der Waals surface area contributed by atoms with Gasteiger partial charge in [0.25, 0.3) is 5.56 Å². The highest BCUT2D eigenvalue weighted by molar-refractivity contribution is 6.31. The lowest BCUT2D eigenvalue weighted by molar-refractivity contribution is -0.141. The van der Waals surface area contributed by atoms with Gasteiger partial charge in [-0.3, -0.25) is 19.1 Å². The smallest absolute Gasteiger partial charge is 0.325 e. The van der Waals surface area contributed by atoms with Crippen LogP contribution in [-0.2, 0) is 22.6 Å². The van der Waals surface area contributed by atoms with E-state index in [9.17, 15) is 14.0 Å². The number of aromatic nitrogens is 1. The second kappa shape index (κ2) is 9.08. The molecule has 2 heterocycles. The topological polar surface area (TPSA) is 54.8 Å². The monoisotopic (exact) mass is 443 g/mol. The molecule has 31 heavy (non-hydrogen) atoms. The maximum absolute atomic E-state index is 14.1. The molecule has 1 fully saturated rings. The van der Waals surface area contributed by atoms with Gasteiger partial charge in [0.1, 0.15) is 12.4 Å². The molecular formula is C23H23ClFN3O3. The Morgan fingerprint density at radius 2 is 1.84 bits per heavy atom. The van der Waals surface area contributed by atoms with E-state index in [-0.39, 0.29) is 17.9 Å². The van der Waals surface area contributed by atoms with E-state index >= 15 is 0 Å². The first kappa shape index (κ1) is 21.3. The molecule has 1 aliphatic rings. The number of para-hydroxylation sites is 1. The highest BCUT2D eigenvalue weighted by atomic mass is 35.5. The Hall–Kier alpha value is -2.90. The zero-order valence-corrected chi connectivity index (χ0v) is 17.9. The minimum Gasteiger partial charge on any atom is -0.468 e. The Balaban J connectivity index is 1.57. The molecule has 0 atom stereocenters. The van der Waals surface area contributed by atoms with E-state index in [0.29, 0.717) is 54.5 Å². The average molecular weight is 444 g/mol. The Labute approximate surface area is 184 Å². The number of nitrogens with zero attached hydrogens (tertiary/aromatic N) is 3. The van der Waals surface area contributed by atoms with Crippen LogP contribution >= 0.6 is 11.6 Å². The number of hydrogen-bond acceptors (Lipinski definition) is 5. The first-order chi connectivity index (χ1) is 15.0. The fourth-order valence-corrected chi connectivity index (χ4v) is 4.13. The molecular weight excluding hydrogens is 421 g/mol. The summed E-state index contributed by atoms with van der Waals surface area (Å²) < 4.78 is 20.3. The number of ether oxygens (including phenoxy) is 1. The largest absolute Gasteiger partial charge is 0.468 e. The second-order valence-corrected chi connectivity index (χ2v) is 7.99. The third kappa shape index (κ3) is 4.57. The fraction of sp³-hybridized carbons (Fsp3) is 0.304. The predicted molar refractivity (Wildman–Crippen MR) is 119 cm³/mol. The molecule has 1 saturated heterocycles. The van der Waals surface area contributed by atoms with Crippen molar-refractivity contribution < 1.29 is 13.9 Å². The van der Waals surface area contributed by atoms with E-state index in [0.717, 1.165) is 5.39 Å². The molecule has 1 aliphatic heterocycles. The van der Waals surface area contributed by atoms with Gasteiger partial charge in [0.15, 0.2) is 0 Å². The number of carbonyl (C=O) groups excluding carboxylic acids is 1. The number of fused-ring (bicyclic) bond motifs is 1. The fourth-order valence-electron chi connectivity index (χ4n) is 3.96. The number of benzene rings is 2. The summed E-state index contributed by atoms with van der Waals surface area (Å²) >= 11 is 6.11. The van der Waals surface area contributed by atoms with Crippen LogP contribution in [-0.4, -0.2) is 48.7 Å². The molecule has 8 heteroatoms. The summed E-state index contributed by atoms with van der Waals surface area (Å²) in [6.07, 6.45) is 0. The van der Waals surface area contributed by atoms with Crippen molar-refractivity contribution in [3.63, 3.8) is 0 Å². The second-order valence-electron chi connectivity index (χ2n) is 7.55. The number of pyridine rings is 1. The minimum atomic E-state index is -0.501. The maximum atomic E-state index is 14.1. The number of methoxy groups -OCH3 is 1. The lowest BCUT2D eigenvalue weighted by Crippen LogP contribution is -2.47. The summed E-state index contributed by atoms with van der Waals surface area (Å²) in [5.74, 6) is -0.728. The molecule has 0 N–H and O–H groups in total. The first-order valence-corrected chi connectivity index (χ1v) is 10.4. The minimum absolute atomic E-state index is 0.179. The van der Waals surface area contributed by atoms with E-state index in [1.54, 1.807) is 24.3 Å². The van der Waals surface area contributed by atoms with Crippen molar-refractivity contribution in [2.24, 2.45) is 0 Å². The number of rotatable bonds is 5. The van der Waals surface area contributed by atoms with Crippen LogP contribution in [0.2, 0.25) is 5.02 Å². The molecule has 3 aromatic rings. The Kier molecular flexibility index (Phi) is 6.25. The molecule has 2 aromatic carbocycles. The van der Waals surface area contributed by atoms with Crippen LogP contribution in [0.5, 0.6) is 0 Å². The summed E-state index contributed by atoms with van der Waals surface area (Å²) in [6.45, 7) is 3.00. The number of anilines is 1. The van der Waals surface area contributed by atoms with Crippen molar-refractivity contribution >= 4 is 34.2 Å². The number of carbonyl (C=O) groups is 1. The van der Waals surface area contributed by atoms with Gasteiger partial charge >= 0.3 is 5.97 Å². The van der Waals surface area contributed by atoms with Gasteiger partial charge in [0.05, 0.1) is 18.3 Å². The summed E-state index contributed by atoms with van der Waals surface area (Å²) in [4.78, 5) is 29.3. The molecule has 0 unspecified atom stereocenters. The molecule has 0 aliphatic carbocycles. The Morgan fingerprint density at radius 3 is 2.55 bits per heavy atom. The number of hydrogen-bond donors (Lipinski definition) is 0. The van der Waals surface area contributed by atoms with Gasteiger partial charge in [-0.15, -0.1) is 0 Å².